The molecule has 0 fully saturated rings. The van der Waals surface area contributed by atoms with Crippen molar-refractivity contribution in [3.05, 3.63) is 47.7 Å². The van der Waals surface area contributed by atoms with Gasteiger partial charge in [0.25, 0.3) is 0 Å². The molecule has 82 valence electrons. The molecular formula is C12H14N4. The van der Waals surface area contributed by atoms with Crippen LogP contribution in [0.4, 0.5) is 11.5 Å². The van der Waals surface area contributed by atoms with Gasteiger partial charge >= 0.3 is 0 Å². The van der Waals surface area contributed by atoms with Gasteiger partial charge in [0, 0.05) is 12.2 Å². The number of aromatic nitrogens is 2. The normalized spacial score (nSPS) is 10.1. The average Bonchev–Trinajstić information content (AvgIpc) is 2.28. The zero-order valence-electron chi connectivity index (χ0n) is 9.14. The summed E-state index contributed by atoms with van der Waals surface area (Å²) >= 11 is 0. The Morgan fingerprint density at radius 1 is 1.19 bits per heavy atom. The molecule has 0 saturated heterocycles. The first kappa shape index (κ1) is 10.4. The molecule has 16 heavy (non-hydrogen) atoms. The van der Waals surface area contributed by atoms with Gasteiger partial charge in [0.05, 0.1) is 5.69 Å². The molecule has 4 nitrogen and oxygen atoms in total. The minimum absolute atomic E-state index is 0.697. The maximum Gasteiger partial charge on any atom is 0.148 e. The number of rotatable bonds is 3. The fourth-order valence-corrected chi connectivity index (χ4v) is 1.39. The van der Waals surface area contributed by atoms with Crippen LogP contribution in [0.5, 0.6) is 0 Å². The van der Waals surface area contributed by atoms with E-state index in [-0.39, 0.29) is 0 Å². The minimum Gasteiger partial charge on any atom is -0.399 e. The third-order valence-electron chi connectivity index (χ3n) is 2.22. The van der Waals surface area contributed by atoms with Crippen LogP contribution in [0.1, 0.15) is 11.3 Å². The topological polar surface area (TPSA) is 63.8 Å². The highest BCUT2D eigenvalue weighted by molar-refractivity contribution is 5.42. The summed E-state index contributed by atoms with van der Waals surface area (Å²) in [6, 6.07) is 11.6. The van der Waals surface area contributed by atoms with Gasteiger partial charge in [-0.05, 0) is 36.8 Å². The van der Waals surface area contributed by atoms with Gasteiger partial charge in [-0.25, -0.2) is 0 Å². The summed E-state index contributed by atoms with van der Waals surface area (Å²) in [6.07, 6.45) is 0. The van der Waals surface area contributed by atoms with Gasteiger partial charge in [-0.1, -0.05) is 12.1 Å². The highest BCUT2D eigenvalue weighted by Crippen LogP contribution is 2.09. The highest BCUT2D eigenvalue weighted by atomic mass is 15.2. The van der Waals surface area contributed by atoms with Gasteiger partial charge in [-0.3, -0.25) is 0 Å². The Hall–Kier alpha value is -2.10. The average molecular weight is 214 g/mol. The van der Waals surface area contributed by atoms with E-state index in [1.165, 1.54) is 0 Å². The molecule has 1 heterocycles. The molecule has 0 aliphatic rings. The van der Waals surface area contributed by atoms with Crippen LogP contribution in [0.2, 0.25) is 0 Å². The molecule has 2 rings (SSSR count). The number of nitrogen functional groups attached to an aromatic ring is 1. The van der Waals surface area contributed by atoms with Crippen LogP contribution in [0, 0.1) is 6.92 Å². The lowest BCUT2D eigenvalue weighted by Gasteiger charge is -2.05. The summed E-state index contributed by atoms with van der Waals surface area (Å²) in [5, 5.41) is 11.2. The van der Waals surface area contributed by atoms with E-state index in [1.54, 1.807) is 0 Å². The van der Waals surface area contributed by atoms with E-state index in [4.69, 9.17) is 5.73 Å². The predicted octanol–water partition coefficient (Wildman–Crippen LogP) is 1.98. The van der Waals surface area contributed by atoms with Gasteiger partial charge in [-0.15, -0.1) is 5.10 Å². The van der Waals surface area contributed by atoms with Crippen molar-refractivity contribution < 1.29 is 0 Å². The number of hydrogen-bond acceptors (Lipinski definition) is 4. The number of nitrogens with zero attached hydrogens (tertiary/aromatic N) is 2. The van der Waals surface area contributed by atoms with E-state index < -0.39 is 0 Å². The number of nitrogens with two attached hydrogens (primary N) is 1. The predicted molar refractivity (Wildman–Crippen MR) is 65.0 cm³/mol. The number of anilines is 2. The highest BCUT2D eigenvalue weighted by Gasteiger charge is 1.96. The van der Waals surface area contributed by atoms with Gasteiger partial charge in [-0.2, -0.15) is 5.10 Å². The summed E-state index contributed by atoms with van der Waals surface area (Å²) in [4.78, 5) is 0. The van der Waals surface area contributed by atoms with Crippen molar-refractivity contribution in [2.45, 2.75) is 13.5 Å². The molecule has 1 aromatic carbocycles. The molecule has 0 atom stereocenters. The number of nitrogens with one attached hydrogen (secondary N) is 1. The van der Waals surface area contributed by atoms with Crippen molar-refractivity contribution in [2.75, 3.05) is 11.1 Å². The van der Waals surface area contributed by atoms with E-state index in [2.05, 4.69) is 15.5 Å². The van der Waals surface area contributed by atoms with Crippen molar-refractivity contribution in [1.82, 2.24) is 10.2 Å². The molecule has 0 saturated carbocycles. The van der Waals surface area contributed by atoms with Crippen molar-refractivity contribution in [2.24, 2.45) is 0 Å². The Morgan fingerprint density at radius 2 is 2.06 bits per heavy atom. The van der Waals surface area contributed by atoms with Crippen LogP contribution in [0.15, 0.2) is 36.4 Å². The van der Waals surface area contributed by atoms with E-state index in [0.717, 1.165) is 22.8 Å². The molecule has 0 bridgehead atoms. The van der Waals surface area contributed by atoms with Crippen LogP contribution < -0.4 is 11.1 Å². The van der Waals surface area contributed by atoms with Gasteiger partial charge in [0.1, 0.15) is 5.82 Å². The summed E-state index contributed by atoms with van der Waals surface area (Å²) in [6.45, 7) is 2.61. The van der Waals surface area contributed by atoms with Crippen molar-refractivity contribution >= 4 is 11.5 Å². The Labute approximate surface area is 94.5 Å². The molecule has 4 heteroatoms. The molecule has 0 spiro atoms. The van der Waals surface area contributed by atoms with Gasteiger partial charge in [0.2, 0.25) is 0 Å². The zero-order chi connectivity index (χ0) is 11.4. The first-order chi connectivity index (χ1) is 7.74. The lowest BCUT2D eigenvalue weighted by atomic mass is 10.2. The third kappa shape index (κ3) is 2.70. The molecule has 0 amide bonds. The van der Waals surface area contributed by atoms with Crippen LogP contribution in [-0.2, 0) is 6.54 Å². The fourth-order valence-electron chi connectivity index (χ4n) is 1.39. The van der Waals surface area contributed by atoms with Crippen molar-refractivity contribution in [3.8, 4) is 0 Å². The second kappa shape index (κ2) is 4.61. The lowest BCUT2D eigenvalue weighted by molar-refractivity contribution is 0.963. The molecule has 0 radical (unpaired) electrons. The van der Waals surface area contributed by atoms with Crippen molar-refractivity contribution in [3.63, 3.8) is 0 Å². The molecule has 0 aliphatic heterocycles. The Kier molecular flexibility index (Phi) is 3.00. The van der Waals surface area contributed by atoms with Crippen molar-refractivity contribution in [1.29, 1.82) is 0 Å². The van der Waals surface area contributed by atoms with Crippen LogP contribution in [-0.4, -0.2) is 10.2 Å². The van der Waals surface area contributed by atoms with Crippen LogP contribution in [0.25, 0.3) is 0 Å². The van der Waals surface area contributed by atoms with Crippen LogP contribution >= 0.6 is 0 Å². The van der Waals surface area contributed by atoms with E-state index in [0.29, 0.717) is 6.54 Å². The molecule has 0 aliphatic carbocycles. The largest absolute Gasteiger partial charge is 0.399 e. The maximum atomic E-state index is 5.69. The Bertz CT molecular complexity index is 465. The van der Waals surface area contributed by atoms with Gasteiger partial charge in [0.15, 0.2) is 0 Å². The van der Waals surface area contributed by atoms with E-state index >= 15 is 0 Å². The SMILES string of the molecule is Cc1ccc(NCc2cccc(N)c2)nn1. The zero-order valence-corrected chi connectivity index (χ0v) is 9.14. The second-order valence-electron chi connectivity index (χ2n) is 3.66. The summed E-state index contributed by atoms with van der Waals surface area (Å²) in [5.74, 6) is 0.771. The van der Waals surface area contributed by atoms with Gasteiger partial charge < -0.3 is 11.1 Å². The molecule has 0 unspecified atom stereocenters. The third-order valence-corrected chi connectivity index (χ3v) is 2.22. The summed E-state index contributed by atoms with van der Waals surface area (Å²) < 4.78 is 0. The van der Waals surface area contributed by atoms with E-state index in [1.807, 2.05) is 43.3 Å². The minimum atomic E-state index is 0.697. The summed E-state index contributed by atoms with van der Waals surface area (Å²) in [7, 11) is 0. The first-order valence-electron chi connectivity index (χ1n) is 5.13. The maximum absolute atomic E-state index is 5.69. The Balaban J connectivity index is 1.99. The number of aryl methyl sites for hydroxylation is 1. The summed E-state index contributed by atoms with van der Waals surface area (Å²) in [5.41, 5.74) is 8.50. The molecule has 3 N–H and O–H groups in total. The molecular weight excluding hydrogens is 200 g/mol. The number of hydrogen-bond donors (Lipinski definition) is 2. The smallest absolute Gasteiger partial charge is 0.148 e. The fraction of sp³-hybridized carbons (Fsp3) is 0.167. The Morgan fingerprint density at radius 3 is 2.75 bits per heavy atom. The molecule has 2 aromatic rings. The number of benzene rings is 1. The monoisotopic (exact) mass is 214 g/mol. The second-order valence-corrected chi connectivity index (χ2v) is 3.66. The molecule has 1 aromatic heterocycles. The standard InChI is InChI=1S/C12H14N4/c1-9-5-6-12(16-15-9)14-8-10-3-2-4-11(13)7-10/h2-7H,8,13H2,1H3,(H,14,16). The van der Waals surface area contributed by atoms with Crippen LogP contribution in [0.3, 0.4) is 0 Å². The van der Waals surface area contributed by atoms with E-state index in [9.17, 15) is 0 Å². The quantitative estimate of drug-likeness (QED) is 0.767. The first-order valence-corrected chi connectivity index (χ1v) is 5.13. The lowest BCUT2D eigenvalue weighted by Crippen LogP contribution is -2.02.